The Hall–Kier alpha value is -2.73. The van der Waals surface area contributed by atoms with Crippen molar-refractivity contribution in [1.82, 2.24) is 5.32 Å². The number of hydrogen-bond acceptors (Lipinski definition) is 4. The third-order valence-corrected chi connectivity index (χ3v) is 3.67. The molecule has 2 rings (SSSR count). The van der Waals surface area contributed by atoms with E-state index in [-0.39, 0.29) is 13.0 Å². The van der Waals surface area contributed by atoms with Crippen LogP contribution >= 0.6 is 11.6 Å². The van der Waals surface area contributed by atoms with E-state index in [1.54, 1.807) is 48.5 Å². The summed E-state index contributed by atoms with van der Waals surface area (Å²) in [4.78, 5) is 23.2. The predicted molar refractivity (Wildman–Crippen MR) is 93.1 cm³/mol. The van der Waals surface area contributed by atoms with Gasteiger partial charge in [0.25, 0.3) is 5.91 Å². The Morgan fingerprint density at radius 1 is 1.12 bits per heavy atom. The maximum atomic E-state index is 12.2. The van der Waals surface area contributed by atoms with Gasteiger partial charge in [-0.1, -0.05) is 35.9 Å². The lowest BCUT2D eigenvalue weighted by atomic mass is 10.0. The minimum Gasteiger partial charge on any atom is -0.493 e. The van der Waals surface area contributed by atoms with Gasteiger partial charge in [-0.3, -0.25) is 9.59 Å². The zero-order valence-corrected chi connectivity index (χ0v) is 14.3. The zero-order valence-electron chi connectivity index (χ0n) is 13.6. The van der Waals surface area contributed by atoms with Crippen LogP contribution in [0.2, 0.25) is 5.02 Å². The number of carboxylic acids is 1. The number of halogens is 1. The number of methoxy groups -OCH3 is 1. The number of benzene rings is 2. The summed E-state index contributed by atoms with van der Waals surface area (Å²) in [7, 11) is 1.51. The fraction of sp³-hybridized carbons (Fsp3) is 0.222. The average Bonchev–Trinajstić information content (AvgIpc) is 2.60. The molecule has 2 aromatic carbocycles. The quantitative estimate of drug-likeness (QED) is 0.753. The highest BCUT2D eigenvalue weighted by Gasteiger charge is 2.18. The third-order valence-electron chi connectivity index (χ3n) is 3.41. The monoisotopic (exact) mass is 363 g/mol. The molecule has 7 heteroatoms. The lowest BCUT2D eigenvalue weighted by Gasteiger charge is -2.18. The van der Waals surface area contributed by atoms with Crippen LogP contribution in [0.25, 0.3) is 0 Å². The Kier molecular flexibility index (Phi) is 6.65. The molecule has 0 radical (unpaired) electrons. The molecule has 0 spiro atoms. The van der Waals surface area contributed by atoms with Gasteiger partial charge in [0.15, 0.2) is 18.1 Å². The number of carbonyl (C=O) groups excluding carboxylic acids is 1. The number of carboxylic acid groups (broad SMARTS) is 1. The lowest BCUT2D eigenvalue weighted by molar-refractivity contribution is -0.137. The van der Waals surface area contributed by atoms with Crippen molar-refractivity contribution in [3.8, 4) is 11.5 Å². The largest absolute Gasteiger partial charge is 0.493 e. The number of aliphatic carboxylic acids is 1. The molecule has 6 nitrogen and oxygen atoms in total. The van der Waals surface area contributed by atoms with E-state index in [4.69, 9.17) is 26.2 Å². The van der Waals surface area contributed by atoms with Crippen LogP contribution in [0.4, 0.5) is 0 Å². The van der Waals surface area contributed by atoms with Crippen LogP contribution in [0, 0.1) is 0 Å². The summed E-state index contributed by atoms with van der Waals surface area (Å²) in [5, 5.41) is 12.3. The second-order valence-corrected chi connectivity index (χ2v) is 5.65. The van der Waals surface area contributed by atoms with Crippen molar-refractivity contribution < 1.29 is 24.2 Å². The van der Waals surface area contributed by atoms with Gasteiger partial charge in [0.05, 0.1) is 19.6 Å². The molecule has 1 atom stereocenters. The van der Waals surface area contributed by atoms with Gasteiger partial charge >= 0.3 is 5.97 Å². The molecule has 0 heterocycles. The Labute approximate surface area is 150 Å². The van der Waals surface area contributed by atoms with Gasteiger partial charge in [-0.05, 0) is 29.8 Å². The number of para-hydroxylation sites is 2. The maximum absolute atomic E-state index is 12.2. The van der Waals surface area contributed by atoms with E-state index >= 15 is 0 Å². The first-order chi connectivity index (χ1) is 12.0. The van der Waals surface area contributed by atoms with E-state index in [0.717, 1.165) is 0 Å². The summed E-state index contributed by atoms with van der Waals surface area (Å²) in [6.07, 6.45) is -0.248. The molecule has 0 saturated carbocycles. The Balaban J connectivity index is 2.01. The first kappa shape index (κ1) is 18.6. The van der Waals surface area contributed by atoms with E-state index in [1.807, 2.05) is 0 Å². The van der Waals surface area contributed by atoms with E-state index in [9.17, 15) is 9.59 Å². The van der Waals surface area contributed by atoms with Crippen molar-refractivity contribution in [2.45, 2.75) is 12.5 Å². The van der Waals surface area contributed by atoms with E-state index in [2.05, 4.69) is 5.32 Å². The average molecular weight is 364 g/mol. The third kappa shape index (κ3) is 5.69. The lowest BCUT2D eigenvalue weighted by Crippen LogP contribution is -2.33. The minimum absolute atomic E-state index is 0.248. The van der Waals surface area contributed by atoms with Gasteiger partial charge in [-0.2, -0.15) is 0 Å². The van der Waals surface area contributed by atoms with Crippen LogP contribution in [0.15, 0.2) is 48.5 Å². The minimum atomic E-state index is -1.02. The highest BCUT2D eigenvalue weighted by Crippen LogP contribution is 2.25. The van der Waals surface area contributed by atoms with Gasteiger partial charge in [0.2, 0.25) is 0 Å². The van der Waals surface area contributed by atoms with Gasteiger partial charge in [-0.15, -0.1) is 0 Å². The molecule has 132 valence electrons. The molecule has 0 saturated heterocycles. The maximum Gasteiger partial charge on any atom is 0.305 e. The summed E-state index contributed by atoms with van der Waals surface area (Å²) >= 11 is 5.84. The summed E-state index contributed by atoms with van der Waals surface area (Å²) in [5.41, 5.74) is 0.650. The van der Waals surface area contributed by atoms with Crippen LogP contribution in [0.3, 0.4) is 0 Å². The standard InChI is InChI=1S/C18H18ClNO5/c1-24-15-4-2-3-5-16(15)25-11-17(21)20-14(10-18(22)23)12-6-8-13(19)9-7-12/h2-9,14H,10-11H2,1H3,(H,20,21)(H,22,23). The van der Waals surface area contributed by atoms with Crippen molar-refractivity contribution in [3.05, 3.63) is 59.1 Å². The molecule has 0 aliphatic heterocycles. The number of hydrogen-bond donors (Lipinski definition) is 2. The van der Waals surface area contributed by atoms with Gasteiger partial charge in [0.1, 0.15) is 0 Å². The van der Waals surface area contributed by atoms with Crippen LogP contribution in [-0.2, 0) is 9.59 Å². The second kappa shape index (κ2) is 8.94. The van der Waals surface area contributed by atoms with Gasteiger partial charge in [-0.25, -0.2) is 0 Å². The topological polar surface area (TPSA) is 84.9 Å². The number of rotatable bonds is 8. The molecule has 0 fully saturated rings. The number of amides is 1. The van der Waals surface area contributed by atoms with Crippen LogP contribution in [0.1, 0.15) is 18.0 Å². The van der Waals surface area contributed by atoms with Crippen molar-refractivity contribution in [3.63, 3.8) is 0 Å². The highest BCUT2D eigenvalue weighted by atomic mass is 35.5. The SMILES string of the molecule is COc1ccccc1OCC(=O)NC(CC(=O)O)c1ccc(Cl)cc1. The Morgan fingerprint density at radius 3 is 2.36 bits per heavy atom. The fourth-order valence-electron chi connectivity index (χ4n) is 2.24. The number of ether oxygens (including phenoxy) is 2. The summed E-state index contributed by atoms with van der Waals surface area (Å²) in [6.45, 7) is -0.260. The molecule has 0 bridgehead atoms. The van der Waals surface area contributed by atoms with Crippen molar-refractivity contribution in [1.29, 1.82) is 0 Å². The van der Waals surface area contributed by atoms with Gasteiger partial charge in [0, 0.05) is 5.02 Å². The number of nitrogens with one attached hydrogen (secondary N) is 1. The van der Waals surface area contributed by atoms with Crippen molar-refractivity contribution >= 4 is 23.5 Å². The molecule has 25 heavy (non-hydrogen) atoms. The molecule has 0 aromatic heterocycles. The summed E-state index contributed by atoms with van der Waals surface area (Å²) in [6, 6.07) is 12.9. The van der Waals surface area contributed by atoms with Crippen molar-refractivity contribution in [2.75, 3.05) is 13.7 Å². The Morgan fingerprint density at radius 2 is 1.76 bits per heavy atom. The molecule has 0 aliphatic carbocycles. The molecule has 1 unspecified atom stereocenters. The Bertz CT molecular complexity index is 733. The van der Waals surface area contributed by atoms with Crippen LogP contribution in [-0.4, -0.2) is 30.7 Å². The molecule has 0 aliphatic rings. The highest BCUT2D eigenvalue weighted by molar-refractivity contribution is 6.30. The zero-order chi connectivity index (χ0) is 18.2. The molecule has 1 amide bonds. The summed E-state index contributed by atoms with van der Waals surface area (Å²) in [5.74, 6) is -0.519. The van der Waals surface area contributed by atoms with E-state index in [1.165, 1.54) is 7.11 Å². The fourth-order valence-corrected chi connectivity index (χ4v) is 2.37. The molecular formula is C18H18ClNO5. The predicted octanol–water partition coefficient (Wildman–Crippen LogP) is 3.06. The molecule has 2 N–H and O–H groups in total. The molecule has 2 aromatic rings. The van der Waals surface area contributed by atoms with Gasteiger partial charge < -0.3 is 19.9 Å². The summed E-state index contributed by atoms with van der Waals surface area (Å²) < 4.78 is 10.6. The smallest absolute Gasteiger partial charge is 0.305 e. The molecular weight excluding hydrogens is 346 g/mol. The van der Waals surface area contributed by atoms with E-state index in [0.29, 0.717) is 22.1 Å². The van der Waals surface area contributed by atoms with Crippen LogP contribution in [0.5, 0.6) is 11.5 Å². The first-order valence-electron chi connectivity index (χ1n) is 7.52. The normalized spacial score (nSPS) is 11.4. The number of carbonyl (C=O) groups is 2. The second-order valence-electron chi connectivity index (χ2n) is 5.21. The van der Waals surface area contributed by atoms with Crippen LogP contribution < -0.4 is 14.8 Å². The first-order valence-corrected chi connectivity index (χ1v) is 7.90. The van der Waals surface area contributed by atoms with Crippen molar-refractivity contribution in [2.24, 2.45) is 0 Å². The van der Waals surface area contributed by atoms with E-state index < -0.39 is 17.9 Å².